The maximum atomic E-state index is 11.6. The number of aryl methyl sites for hydroxylation is 6. The van der Waals surface area contributed by atoms with Gasteiger partial charge in [-0.3, -0.25) is 4.79 Å². The predicted octanol–water partition coefficient (Wildman–Crippen LogP) is 20.9. The van der Waals surface area contributed by atoms with Gasteiger partial charge in [-0.2, -0.15) is 0 Å². The normalized spacial score (nSPS) is 12.5. The van der Waals surface area contributed by atoms with Gasteiger partial charge in [-0.15, -0.1) is 25.9 Å². The highest BCUT2D eigenvalue weighted by Gasteiger charge is 2.32. The van der Waals surface area contributed by atoms with E-state index < -0.39 is 36.1 Å². The van der Waals surface area contributed by atoms with Gasteiger partial charge in [-0.25, -0.2) is 28.8 Å². The number of aliphatic carboxylic acids is 1. The van der Waals surface area contributed by atoms with Gasteiger partial charge in [0, 0.05) is 12.2 Å². The average Bonchev–Trinajstić information content (AvgIpc) is 0.837. The summed E-state index contributed by atoms with van der Waals surface area (Å²) in [4.78, 5) is 75.3. The molecule has 0 aromatic heterocycles. The van der Waals surface area contributed by atoms with Gasteiger partial charge in [0.05, 0.1) is 52.0 Å². The van der Waals surface area contributed by atoms with Crippen molar-refractivity contribution in [3.8, 4) is 0 Å². The molecule has 0 saturated carbocycles. The highest BCUT2D eigenvalue weighted by atomic mass is 79.9. The molecule has 0 spiro atoms. The van der Waals surface area contributed by atoms with E-state index in [4.69, 9.17) is 19.3 Å². The summed E-state index contributed by atoms with van der Waals surface area (Å²) in [5, 5.41) is 27.4. The van der Waals surface area contributed by atoms with Crippen molar-refractivity contribution in [3.05, 3.63) is 214 Å². The fourth-order valence-corrected chi connectivity index (χ4v) is 10.1. The molecule has 0 aliphatic rings. The predicted molar refractivity (Wildman–Crippen MR) is 459 cm³/mol. The van der Waals surface area contributed by atoms with Gasteiger partial charge >= 0.3 is 35.8 Å². The van der Waals surface area contributed by atoms with E-state index in [-0.39, 0.29) is 48.4 Å². The number of halogens is 1. The smallest absolute Gasteiger partial charge is 0.371 e. The molecule has 3 rings (SSSR count). The molecule has 0 bridgehead atoms. The summed E-state index contributed by atoms with van der Waals surface area (Å²) in [6.07, 6.45) is 37.2. The van der Waals surface area contributed by atoms with Crippen molar-refractivity contribution < 1.29 is 77.3 Å². The first-order valence-corrected chi connectivity index (χ1v) is 40.1. The van der Waals surface area contributed by atoms with E-state index in [1.807, 2.05) is 71.9 Å². The topological polar surface area (TPSA) is 236 Å². The standard InChI is InChI=1S/C25H34O2.C21H26O2.C16H24P2.C12H22O6.C9H16O3.C6H10O3.BrH/c1-8-9-15-27-25(26)16-19(3)12-10-11-18(2)13-14-24-21(5)17-20(4)22(6)23(24)7;1-14(8-7-9-15(2)12-21(22)23)10-11-20-17(4)13-16(3)18(5)19(20)6;1-11(8-9-18-17)6-7-16-13(3)10-12(2)14(4)15(16)5;1-3-5-7-17-11(15)9(13)10(14)12(16)18-8-6-4-2;1-4-5-6-12-9(10)7-8(2)11-3;1-2-3-4-9-6(8)5-7;/h10-14,16-17H,8-9,15H2,1-7H3;7-13H,1-6H3,(H,22,23);6-8,10,18H,9,17H2,1-5H3;9-10,13-14H,3-8H2,1-2H3;7H,4-6H2,1-3H3;5H,2-4H2,1H3;1H/b12-10+,14-13+,18-11+,19-16+;9-7+,11-10+,14-8+,15-12+;7-6+,11-8+;;8-7+;;/t;;;9-,10-;;;/m...1.../s1. The minimum Gasteiger partial charge on any atom is -0.501 e. The number of benzene rings is 3. The monoisotopic (exact) mass is 1600 g/mol. The van der Waals surface area contributed by atoms with Crippen LogP contribution in [0, 0.1) is 83.1 Å². The highest BCUT2D eigenvalue weighted by molar-refractivity contribution is 8.93. The lowest BCUT2D eigenvalue weighted by Crippen LogP contribution is -2.41. The number of aldehydes is 1. The first-order chi connectivity index (χ1) is 50.5. The number of aliphatic hydroxyl groups excluding tert-OH is 2. The van der Waals surface area contributed by atoms with Crippen LogP contribution >= 0.6 is 34.2 Å². The minimum atomic E-state index is -1.89. The molecule has 3 N–H and O–H groups in total. The summed E-state index contributed by atoms with van der Waals surface area (Å²) in [5.41, 5.74) is 25.3. The van der Waals surface area contributed by atoms with Gasteiger partial charge in [0.1, 0.15) is 0 Å². The number of carbonyl (C=O) groups excluding carboxylic acids is 6. The summed E-state index contributed by atoms with van der Waals surface area (Å²) >= 11 is 0. The summed E-state index contributed by atoms with van der Waals surface area (Å²) in [6.45, 7) is 49.3. The number of ether oxygens (including phenoxy) is 6. The summed E-state index contributed by atoms with van der Waals surface area (Å²) in [6, 6.07) is 6.75. The van der Waals surface area contributed by atoms with Gasteiger partial charge in [0.2, 0.25) is 6.29 Å². The van der Waals surface area contributed by atoms with Crippen molar-refractivity contribution in [2.45, 2.75) is 236 Å². The molecule has 0 heterocycles. The van der Waals surface area contributed by atoms with E-state index in [2.05, 4.69) is 188 Å². The lowest BCUT2D eigenvalue weighted by Gasteiger charge is -2.15. The lowest BCUT2D eigenvalue weighted by molar-refractivity contribution is -0.173. The van der Waals surface area contributed by atoms with Crippen LogP contribution in [0.15, 0.2) is 131 Å². The van der Waals surface area contributed by atoms with Crippen LogP contribution in [0.2, 0.25) is 0 Å². The Morgan fingerprint density at radius 1 is 0.426 bits per heavy atom. The third-order valence-electron chi connectivity index (χ3n) is 16.7. The Balaban J connectivity index is -0.000000618. The highest BCUT2D eigenvalue weighted by Crippen LogP contribution is 2.27. The van der Waals surface area contributed by atoms with Crippen molar-refractivity contribution in [1.82, 2.24) is 0 Å². The molecule has 16 nitrogen and oxygen atoms in total. The zero-order valence-electron chi connectivity index (χ0n) is 69.6. The van der Waals surface area contributed by atoms with Gasteiger partial charge in [-0.1, -0.05) is 189 Å². The largest absolute Gasteiger partial charge is 0.501 e. The van der Waals surface area contributed by atoms with E-state index in [1.54, 1.807) is 19.9 Å². The van der Waals surface area contributed by atoms with Crippen LogP contribution in [-0.4, -0.2) is 116 Å². The van der Waals surface area contributed by atoms with Gasteiger partial charge in [0.25, 0.3) is 0 Å². The van der Waals surface area contributed by atoms with Gasteiger partial charge < -0.3 is 43.7 Å². The minimum absolute atomic E-state index is 0. The second-order valence-corrected chi connectivity index (χ2v) is 28.1. The molecule has 3 aromatic rings. The number of unbranched alkanes of at least 4 members (excludes halogenated alkanes) is 5. The van der Waals surface area contributed by atoms with Crippen LogP contribution in [0.5, 0.6) is 0 Å². The summed E-state index contributed by atoms with van der Waals surface area (Å²) in [5.74, 6) is -3.75. The SMILES string of the molecule is Br.CC(/C=C/c1c(C)cc(C)c(C)c1C)=C\C=C\C(C)=C\C(=O)O.CC(/C=C/c1c(C)cc(C)c(C)c1C)=C\CPP.CCCCOC(=O)/C=C(C)/C=C/C=C(C)/C=C/c1c(C)cc(C)c(C)c1C.CCCCOC(=O)/C=C(\C)OC.CCCCOC(=O)C=O.CCCCOC(=O)[C@H](O)[C@@H](O)C(=O)OCCCC. The van der Waals surface area contributed by atoms with Crippen molar-refractivity contribution in [2.24, 2.45) is 0 Å². The van der Waals surface area contributed by atoms with Crippen LogP contribution < -0.4 is 0 Å². The molecule has 3 aromatic carbocycles. The Hall–Kier alpha value is -7.65. The summed E-state index contributed by atoms with van der Waals surface area (Å²) < 4.78 is 28.6. The molecule has 2 unspecified atom stereocenters. The Morgan fingerprint density at radius 2 is 0.731 bits per heavy atom. The second-order valence-electron chi connectivity index (χ2n) is 26.1. The van der Waals surface area contributed by atoms with Crippen LogP contribution in [0.3, 0.4) is 0 Å². The third kappa shape index (κ3) is 50.1. The quantitative estimate of drug-likeness (QED) is 0.00571. The molecule has 0 amide bonds. The molecule has 0 fully saturated rings. The fourth-order valence-electron chi connectivity index (χ4n) is 9.26. The van der Waals surface area contributed by atoms with Crippen LogP contribution in [0.1, 0.15) is 224 Å². The first kappa shape index (κ1) is 107. The van der Waals surface area contributed by atoms with E-state index in [1.165, 1.54) is 114 Å². The molecule has 108 heavy (non-hydrogen) atoms. The number of allylic oxidation sites excluding steroid dienone is 16. The van der Waals surface area contributed by atoms with E-state index in [0.29, 0.717) is 44.0 Å². The maximum Gasteiger partial charge on any atom is 0.371 e. The van der Waals surface area contributed by atoms with Crippen LogP contribution in [0.25, 0.3) is 18.2 Å². The van der Waals surface area contributed by atoms with Crippen LogP contribution in [0.4, 0.5) is 0 Å². The molecule has 0 aliphatic carbocycles. The Morgan fingerprint density at radius 3 is 1.04 bits per heavy atom. The van der Waals surface area contributed by atoms with E-state index in [9.17, 15) is 43.8 Å². The van der Waals surface area contributed by atoms with Gasteiger partial charge in [0.15, 0.2) is 12.2 Å². The zero-order chi connectivity index (χ0) is 82.1. The number of carboxylic acid groups (broad SMARTS) is 1. The Labute approximate surface area is 664 Å². The summed E-state index contributed by atoms with van der Waals surface area (Å²) in [7, 11) is 5.23. The fraction of sp³-hybridized carbons (Fsp3) is 0.472. The number of carboxylic acids is 1. The maximum absolute atomic E-state index is 11.6. The number of hydrogen-bond donors (Lipinski definition) is 3. The number of aliphatic hydroxyl groups is 2. The molecular weight excluding hydrogens is 1470 g/mol. The van der Waals surface area contributed by atoms with Crippen molar-refractivity contribution in [1.29, 1.82) is 0 Å². The molecule has 0 saturated heterocycles. The lowest BCUT2D eigenvalue weighted by atomic mass is 9.94. The number of methoxy groups -OCH3 is 1. The van der Waals surface area contributed by atoms with E-state index >= 15 is 0 Å². The molecule has 4 atom stereocenters. The molecule has 0 aliphatic heterocycles. The number of hydrogen-bond acceptors (Lipinski definition) is 15. The number of esters is 5. The molecule has 602 valence electrons. The third-order valence-corrected chi connectivity index (χ3v) is 17.8. The van der Waals surface area contributed by atoms with E-state index in [0.717, 1.165) is 82.5 Å². The van der Waals surface area contributed by atoms with Crippen molar-refractivity contribution in [3.63, 3.8) is 0 Å². The molecule has 0 radical (unpaired) electrons. The average molecular weight is 1600 g/mol. The number of carbonyl (C=O) groups is 7. The number of rotatable bonds is 35. The van der Waals surface area contributed by atoms with Crippen LogP contribution in [-0.2, 0) is 62.0 Å². The molecule has 19 heteroatoms. The second kappa shape index (κ2) is 64.2. The zero-order valence-corrected chi connectivity index (χ0v) is 73.5. The van der Waals surface area contributed by atoms with Crippen molar-refractivity contribution >= 4 is 94.5 Å². The Bertz CT molecular complexity index is 3580. The van der Waals surface area contributed by atoms with Crippen molar-refractivity contribution in [2.75, 3.05) is 46.3 Å². The first-order valence-electron chi connectivity index (χ1n) is 37.0. The van der Waals surface area contributed by atoms with Gasteiger partial charge in [-0.05, 0) is 257 Å². The molecular formula is C89H133BrO16P2. The Kier molecular flexibility index (Phi) is 63.4.